The zero-order valence-corrected chi connectivity index (χ0v) is 13.3. The van der Waals surface area contributed by atoms with E-state index >= 15 is 0 Å². The fraction of sp³-hybridized carbons (Fsp3) is 0. The summed E-state index contributed by atoms with van der Waals surface area (Å²) in [5.74, 6) is -0.283. The number of nitrogens with one attached hydrogen (secondary N) is 1. The molecule has 0 bridgehead atoms. The Kier molecular flexibility index (Phi) is 3.67. The van der Waals surface area contributed by atoms with Crippen LogP contribution >= 0.6 is 0 Å². The number of anilines is 1. The van der Waals surface area contributed by atoms with E-state index < -0.39 is 0 Å². The van der Waals surface area contributed by atoms with Crippen LogP contribution in [0.4, 0.5) is 5.69 Å². The van der Waals surface area contributed by atoms with Crippen LogP contribution < -0.4 is 5.32 Å². The Morgan fingerprint density at radius 1 is 0.920 bits per heavy atom. The van der Waals surface area contributed by atoms with E-state index in [-0.39, 0.29) is 11.7 Å². The molecule has 0 atom stereocenters. The SMILES string of the molecule is O=C(Nc1ccccc1O)c1ccccc1-n1cc2ccccc2n1. The monoisotopic (exact) mass is 329 g/mol. The van der Waals surface area contributed by atoms with Crippen LogP contribution in [0.2, 0.25) is 0 Å². The maximum absolute atomic E-state index is 12.7. The highest BCUT2D eigenvalue weighted by Crippen LogP contribution is 2.24. The number of phenols is 1. The van der Waals surface area contributed by atoms with Gasteiger partial charge in [-0.25, -0.2) is 4.68 Å². The van der Waals surface area contributed by atoms with Crippen molar-refractivity contribution in [1.29, 1.82) is 0 Å². The Balaban J connectivity index is 1.74. The first-order valence-electron chi connectivity index (χ1n) is 7.85. The third-order valence-corrected chi connectivity index (χ3v) is 3.96. The summed E-state index contributed by atoms with van der Waals surface area (Å²) in [7, 11) is 0. The largest absolute Gasteiger partial charge is 0.506 e. The number of phenolic OH excluding ortho intramolecular Hbond substituents is 1. The van der Waals surface area contributed by atoms with E-state index in [1.807, 2.05) is 42.6 Å². The van der Waals surface area contributed by atoms with Crippen LogP contribution in [0.25, 0.3) is 16.6 Å². The molecule has 0 saturated heterocycles. The third-order valence-electron chi connectivity index (χ3n) is 3.96. The van der Waals surface area contributed by atoms with E-state index in [0.29, 0.717) is 16.9 Å². The fourth-order valence-corrected chi connectivity index (χ4v) is 2.72. The third kappa shape index (κ3) is 2.83. The molecular weight excluding hydrogens is 314 g/mol. The van der Waals surface area contributed by atoms with E-state index in [4.69, 9.17) is 0 Å². The molecule has 4 rings (SSSR count). The van der Waals surface area contributed by atoms with Gasteiger partial charge < -0.3 is 10.4 Å². The van der Waals surface area contributed by atoms with Crippen molar-refractivity contribution in [2.75, 3.05) is 5.32 Å². The first-order valence-corrected chi connectivity index (χ1v) is 7.85. The van der Waals surface area contributed by atoms with Crippen LogP contribution in [0.5, 0.6) is 5.75 Å². The minimum absolute atomic E-state index is 0.0261. The topological polar surface area (TPSA) is 67.2 Å². The second kappa shape index (κ2) is 6.13. The van der Waals surface area contributed by atoms with E-state index in [2.05, 4.69) is 10.4 Å². The van der Waals surface area contributed by atoms with Gasteiger partial charge in [0, 0.05) is 11.6 Å². The van der Waals surface area contributed by atoms with Gasteiger partial charge in [0.25, 0.3) is 5.91 Å². The van der Waals surface area contributed by atoms with Crippen molar-refractivity contribution in [3.05, 3.63) is 84.6 Å². The minimum Gasteiger partial charge on any atom is -0.506 e. The van der Waals surface area contributed by atoms with Gasteiger partial charge in [0.1, 0.15) is 5.75 Å². The molecule has 5 heteroatoms. The van der Waals surface area contributed by atoms with Gasteiger partial charge in [0.15, 0.2) is 0 Å². The average molecular weight is 329 g/mol. The molecule has 3 aromatic carbocycles. The lowest BCUT2D eigenvalue weighted by atomic mass is 10.1. The molecule has 4 aromatic rings. The molecule has 0 fully saturated rings. The lowest BCUT2D eigenvalue weighted by Crippen LogP contribution is -2.15. The number of benzene rings is 3. The number of fused-ring (bicyclic) bond motifs is 1. The van der Waals surface area contributed by atoms with E-state index in [1.165, 1.54) is 6.07 Å². The van der Waals surface area contributed by atoms with Crippen molar-refractivity contribution in [3.63, 3.8) is 0 Å². The lowest BCUT2D eigenvalue weighted by Gasteiger charge is -2.11. The van der Waals surface area contributed by atoms with Gasteiger partial charge in [-0.15, -0.1) is 0 Å². The van der Waals surface area contributed by atoms with Crippen molar-refractivity contribution in [3.8, 4) is 11.4 Å². The Hall–Kier alpha value is -3.60. The summed E-state index contributed by atoms with van der Waals surface area (Å²) in [6.45, 7) is 0. The molecule has 0 aliphatic rings. The molecule has 1 aromatic heterocycles. The molecule has 122 valence electrons. The van der Waals surface area contributed by atoms with Crippen molar-refractivity contribution in [1.82, 2.24) is 9.78 Å². The zero-order valence-electron chi connectivity index (χ0n) is 13.3. The number of nitrogens with zero attached hydrogens (tertiary/aromatic N) is 2. The number of aromatic nitrogens is 2. The molecular formula is C20H15N3O2. The van der Waals surface area contributed by atoms with Gasteiger partial charge in [-0.2, -0.15) is 5.10 Å². The Labute approximate surface area is 144 Å². The zero-order chi connectivity index (χ0) is 17.2. The predicted molar refractivity (Wildman–Crippen MR) is 97.1 cm³/mol. The number of aromatic hydroxyl groups is 1. The second-order valence-corrected chi connectivity index (χ2v) is 5.62. The number of rotatable bonds is 3. The highest BCUT2D eigenvalue weighted by molar-refractivity contribution is 6.07. The first kappa shape index (κ1) is 15.0. The molecule has 0 spiro atoms. The fourth-order valence-electron chi connectivity index (χ4n) is 2.72. The van der Waals surface area contributed by atoms with E-state index in [9.17, 15) is 9.90 Å². The number of hydrogen-bond donors (Lipinski definition) is 2. The second-order valence-electron chi connectivity index (χ2n) is 5.62. The summed E-state index contributed by atoms with van der Waals surface area (Å²) in [5.41, 5.74) is 2.37. The highest BCUT2D eigenvalue weighted by atomic mass is 16.3. The Morgan fingerprint density at radius 3 is 2.48 bits per heavy atom. The van der Waals surface area contributed by atoms with Gasteiger partial charge in [-0.05, 0) is 30.3 Å². The quantitative estimate of drug-likeness (QED) is 0.559. The lowest BCUT2D eigenvalue weighted by molar-refractivity contribution is 0.102. The molecule has 1 heterocycles. The smallest absolute Gasteiger partial charge is 0.257 e. The summed E-state index contributed by atoms with van der Waals surface area (Å²) in [6, 6.07) is 21.6. The van der Waals surface area contributed by atoms with Gasteiger partial charge in [0.05, 0.1) is 22.5 Å². The maximum Gasteiger partial charge on any atom is 0.257 e. The number of carbonyl (C=O) groups is 1. The van der Waals surface area contributed by atoms with Crippen molar-refractivity contribution >= 4 is 22.5 Å². The molecule has 0 radical (unpaired) electrons. The molecule has 0 unspecified atom stereocenters. The maximum atomic E-state index is 12.7. The number of hydrogen-bond acceptors (Lipinski definition) is 3. The summed E-state index contributed by atoms with van der Waals surface area (Å²) in [5, 5.41) is 18.1. The molecule has 0 aliphatic carbocycles. The summed E-state index contributed by atoms with van der Waals surface area (Å²) < 4.78 is 1.70. The number of para-hydroxylation sites is 3. The van der Waals surface area contributed by atoms with E-state index in [1.54, 1.807) is 35.0 Å². The van der Waals surface area contributed by atoms with Gasteiger partial charge in [-0.1, -0.05) is 42.5 Å². The standard InChI is InChI=1S/C20H15N3O2/c24-19-12-6-4-10-17(19)21-20(25)15-8-2-5-11-18(15)23-13-14-7-1-3-9-16(14)22-23/h1-13,24H,(H,21,25). The molecule has 25 heavy (non-hydrogen) atoms. The number of carbonyl (C=O) groups excluding carboxylic acids is 1. The highest BCUT2D eigenvalue weighted by Gasteiger charge is 2.15. The molecule has 0 aliphatic heterocycles. The Bertz CT molecular complexity index is 1040. The van der Waals surface area contributed by atoms with Gasteiger partial charge >= 0.3 is 0 Å². The van der Waals surface area contributed by atoms with Crippen molar-refractivity contribution in [2.45, 2.75) is 0 Å². The molecule has 5 nitrogen and oxygen atoms in total. The average Bonchev–Trinajstić information content (AvgIpc) is 3.07. The van der Waals surface area contributed by atoms with Gasteiger partial charge in [0.2, 0.25) is 0 Å². The normalized spacial score (nSPS) is 10.7. The Morgan fingerprint density at radius 2 is 1.64 bits per heavy atom. The summed E-state index contributed by atoms with van der Waals surface area (Å²) in [6.07, 6.45) is 1.89. The predicted octanol–water partition coefficient (Wildman–Crippen LogP) is 3.98. The molecule has 2 N–H and O–H groups in total. The van der Waals surface area contributed by atoms with E-state index in [0.717, 1.165) is 10.9 Å². The van der Waals surface area contributed by atoms with Crippen LogP contribution in [-0.2, 0) is 0 Å². The van der Waals surface area contributed by atoms with Crippen LogP contribution in [0.3, 0.4) is 0 Å². The number of amides is 1. The summed E-state index contributed by atoms with van der Waals surface area (Å²) in [4.78, 5) is 12.7. The van der Waals surface area contributed by atoms with Crippen molar-refractivity contribution < 1.29 is 9.90 Å². The van der Waals surface area contributed by atoms with Gasteiger partial charge in [-0.3, -0.25) is 4.79 Å². The van der Waals surface area contributed by atoms with Crippen LogP contribution in [0, 0.1) is 0 Å². The van der Waals surface area contributed by atoms with Crippen LogP contribution in [-0.4, -0.2) is 20.8 Å². The van der Waals surface area contributed by atoms with Crippen LogP contribution in [0.15, 0.2) is 79.0 Å². The minimum atomic E-state index is -0.309. The molecule has 1 amide bonds. The molecule has 0 saturated carbocycles. The summed E-state index contributed by atoms with van der Waals surface area (Å²) >= 11 is 0. The van der Waals surface area contributed by atoms with Crippen molar-refractivity contribution in [2.24, 2.45) is 0 Å². The first-order chi connectivity index (χ1) is 12.2. The van der Waals surface area contributed by atoms with Crippen LogP contribution in [0.1, 0.15) is 10.4 Å².